The van der Waals surface area contributed by atoms with Gasteiger partial charge in [-0.1, -0.05) is 38.1 Å². The van der Waals surface area contributed by atoms with Gasteiger partial charge in [0.1, 0.15) is 12.4 Å². The second kappa shape index (κ2) is 9.11. The van der Waals surface area contributed by atoms with E-state index in [4.69, 9.17) is 4.74 Å². The lowest BCUT2D eigenvalue weighted by Gasteiger charge is -2.21. The largest absolute Gasteiger partial charge is 0.489 e. The van der Waals surface area contributed by atoms with Gasteiger partial charge in [-0.25, -0.2) is 0 Å². The molecule has 5 nitrogen and oxygen atoms in total. The van der Waals surface area contributed by atoms with E-state index < -0.39 is 0 Å². The molecule has 0 bridgehead atoms. The third-order valence-corrected chi connectivity index (χ3v) is 3.80. The maximum atomic E-state index is 12.5. The molecule has 0 unspecified atom stereocenters. The van der Waals surface area contributed by atoms with Crippen molar-refractivity contribution in [3.8, 4) is 5.75 Å². The first-order chi connectivity index (χ1) is 11.6. The summed E-state index contributed by atoms with van der Waals surface area (Å²) >= 11 is 0. The van der Waals surface area contributed by atoms with Crippen molar-refractivity contribution < 1.29 is 14.3 Å². The monoisotopic (exact) mass is 330 g/mol. The lowest BCUT2D eigenvalue weighted by Crippen LogP contribution is -2.44. The van der Waals surface area contributed by atoms with Crippen LogP contribution in [0.5, 0.6) is 5.75 Å². The van der Waals surface area contributed by atoms with Gasteiger partial charge >= 0.3 is 0 Å². The summed E-state index contributed by atoms with van der Waals surface area (Å²) in [6.45, 7) is 4.99. The lowest BCUT2D eigenvalue weighted by atomic mass is 10.0. The second-order valence-electron chi connectivity index (χ2n) is 6.42. The van der Waals surface area contributed by atoms with Gasteiger partial charge in [0.05, 0.1) is 5.56 Å². The van der Waals surface area contributed by atoms with Crippen molar-refractivity contribution in [1.29, 1.82) is 0 Å². The highest BCUT2D eigenvalue weighted by Gasteiger charge is 2.17. The zero-order valence-electron chi connectivity index (χ0n) is 14.4. The Balaban J connectivity index is 2.16. The molecular formula is C19H26N2O3. The Kier molecular flexibility index (Phi) is 6.85. The van der Waals surface area contributed by atoms with Crippen LogP contribution in [0, 0.1) is 5.92 Å². The highest BCUT2D eigenvalue weighted by atomic mass is 16.5. The zero-order valence-corrected chi connectivity index (χ0v) is 14.4. The minimum Gasteiger partial charge on any atom is -0.489 e. The summed E-state index contributed by atoms with van der Waals surface area (Å²) in [5.74, 6) is 0.829. The molecule has 2 N–H and O–H groups in total. The van der Waals surface area contributed by atoms with Crippen LogP contribution in [0.4, 0.5) is 0 Å². The highest BCUT2D eigenvalue weighted by Crippen LogP contribution is 2.18. The van der Waals surface area contributed by atoms with Crippen LogP contribution in [0.25, 0.3) is 0 Å². The van der Waals surface area contributed by atoms with Gasteiger partial charge < -0.3 is 15.4 Å². The number of carbonyl (C=O) groups excluding carboxylic acids is 2. The molecule has 0 fully saturated rings. The smallest absolute Gasteiger partial charge is 0.255 e. The number of para-hydroxylation sites is 1. The molecular weight excluding hydrogens is 304 g/mol. The van der Waals surface area contributed by atoms with Crippen LogP contribution in [-0.4, -0.2) is 31.0 Å². The fourth-order valence-corrected chi connectivity index (χ4v) is 2.69. The van der Waals surface area contributed by atoms with E-state index in [2.05, 4.69) is 24.5 Å². The number of carbonyl (C=O) groups is 2. The Labute approximate surface area is 143 Å². The summed E-state index contributed by atoms with van der Waals surface area (Å²) in [5, 5.41) is 5.94. The number of hydrogen-bond donors (Lipinski definition) is 2. The fraction of sp³-hybridized carbons (Fsp3) is 0.474. The summed E-state index contributed by atoms with van der Waals surface area (Å²) in [7, 11) is 0. The van der Waals surface area contributed by atoms with Crippen LogP contribution in [0.3, 0.4) is 0 Å². The first-order valence-corrected chi connectivity index (χ1v) is 8.50. The van der Waals surface area contributed by atoms with E-state index in [1.165, 1.54) is 0 Å². The number of nitrogens with one attached hydrogen (secondary N) is 2. The van der Waals surface area contributed by atoms with Gasteiger partial charge in [-0.3, -0.25) is 9.59 Å². The first-order valence-electron chi connectivity index (χ1n) is 8.50. The van der Waals surface area contributed by atoms with Crippen molar-refractivity contribution in [2.75, 3.05) is 13.2 Å². The number of amides is 2. The number of benzene rings is 1. The van der Waals surface area contributed by atoms with Crippen molar-refractivity contribution in [2.24, 2.45) is 5.92 Å². The van der Waals surface area contributed by atoms with Crippen LogP contribution in [0.15, 0.2) is 36.4 Å². The van der Waals surface area contributed by atoms with Gasteiger partial charge in [-0.05, 0) is 30.9 Å². The molecule has 1 heterocycles. The van der Waals surface area contributed by atoms with E-state index in [9.17, 15) is 9.59 Å². The Bertz CT molecular complexity index is 596. The molecule has 0 saturated carbocycles. The maximum absolute atomic E-state index is 12.5. The summed E-state index contributed by atoms with van der Waals surface area (Å²) in [6, 6.07) is 7.13. The predicted octanol–water partition coefficient (Wildman–Crippen LogP) is 2.68. The normalized spacial score (nSPS) is 21.0. The van der Waals surface area contributed by atoms with Crippen molar-refractivity contribution in [1.82, 2.24) is 10.6 Å². The highest BCUT2D eigenvalue weighted by molar-refractivity contribution is 5.96. The molecule has 5 heteroatoms. The van der Waals surface area contributed by atoms with Gasteiger partial charge in [0.2, 0.25) is 5.91 Å². The second-order valence-corrected chi connectivity index (χ2v) is 6.42. The van der Waals surface area contributed by atoms with Crippen molar-refractivity contribution in [2.45, 2.75) is 39.2 Å². The van der Waals surface area contributed by atoms with E-state index in [-0.39, 0.29) is 17.9 Å². The third-order valence-electron chi connectivity index (χ3n) is 3.80. The van der Waals surface area contributed by atoms with Crippen LogP contribution < -0.4 is 15.4 Å². The Morgan fingerprint density at radius 1 is 1.21 bits per heavy atom. The molecule has 1 aliphatic heterocycles. The number of fused-ring (bicyclic) bond motifs is 1. The van der Waals surface area contributed by atoms with Gasteiger partial charge in [-0.2, -0.15) is 0 Å². The van der Waals surface area contributed by atoms with Gasteiger partial charge in [0.15, 0.2) is 0 Å². The Morgan fingerprint density at radius 3 is 2.79 bits per heavy atom. The quantitative estimate of drug-likeness (QED) is 0.819. The molecule has 2 rings (SSSR count). The van der Waals surface area contributed by atoms with Crippen molar-refractivity contribution in [3.63, 3.8) is 0 Å². The van der Waals surface area contributed by atoms with E-state index in [1.54, 1.807) is 12.1 Å². The Morgan fingerprint density at radius 2 is 2.00 bits per heavy atom. The predicted molar refractivity (Wildman–Crippen MR) is 94.0 cm³/mol. The molecule has 2 amide bonds. The Hall–Kier alpha value is -2.30. The van der Waals surface area contributed by atoms with Crippen molar-refractivity contribution in [3.05, 3.63) is 42.0 Å². The topological polar surface area (TPSA) is 67.4 Å². The molecule has 1 aromatic carbocycles. The molecule has 1 aliphatic rings. The molecule has 0 aliphatic carbocycles. The van der Waals surface area contributed by atoms with Gasteiger partial charge in [-0.15, -0.1) is 0 Å². The fourth-order valence-electron chi connectivity index (χ4n) is 2.69. The third kappa shape index (κ3) is 5.72. The molecule has 1 atom stereocenters. The van der Waals surface area contributed by atoms with E-state index in [0.717, 1.165) is 6.42 Å². The van der Waals surface area contributed by atoms with Gasteiger partial charge in [0.25, 0.3) is 5.91 Å². The molecule has 0 aromatic heterocycles. The minimum atomic E-state index is -0.186. The van der Waals surface area contributed by atoms with E-state index in [0.29, 0.717) is 43.2 Å². The SMILES string of the molecule is CC(C)C[C@H]1CNC(=O)c2ccccc2OC/C=C/CCC(=O)N1. The van der Waals surface area contributed by atoms with E-state index >= 15 is 0 Å². The number of ether oxygens (including phenoxy) is 1. The average Bonchev–Trinajstić information content (AvgIpc) is 2.54. The summed E-state index contributed by atoms with van der Waals surface area (Å²) in [5.41, 5.74) is 0.512. The minimum absolute atomic E-state index is 0.0120. The first kappa shape index (κ1) is 18.0. The molecule has 24 heavy (non-hydrogen) atoms. The van der Waals surface area contributed by atoms with Crippen LogP contribution in [-0.2, 0) is 4.79 Å². The maximum Gasteiger partial charge on any atom is 0.255 e. The average molecular weight is 330 g/mol. The van der Waals surface area contributed by atoms with Crippen molar-refractivity contribution >= 4 is 11.8 Å². The standard InChI is InChI=1S/C19H26N2O3/c1-14(2)12-15-13-20-19(23)16-8-5-6-9-17(16)24-11-7-3-4-10-18(22)21-15/h3,5-9,14-15H,4,10-13H2,1-2H3,(H,20,23)(H,21,22)/b7-3+/t15-/m0/s1. The summed E-state index contributed by atoms with van der Waals surface area (Å²) < 4.78 is 5.67. The van der Waals surface area contributed by atoms with E-state index in [1.807, 2.05) is 24.3 Å². The van der Waals surface area contributed by atoms with Gasteiger partial charge in [0, 0.05) is 19.0 Å². The molecule has 130 valence electrons. The summed E-state index contributed by atoms with van der Waals surface area (Å²) in [6.07, 6.45) is 5.75. The lowest BCUT2D eigenvalue weighted by molar-refractivity contribution is -0.121. The molecule has 1 aromatic rings. The number of allylic oxidation sites excluding steroid dienone is 1. The zero-order chi connectivity index (χ0) is 17.4. The summed E-state index contributed by atoms with van der Waals surface area (Å²) in [4.78, 5) is 24.5. The van der Waals surface area contributed by atoms with Crippen LogP contribution in [0.1, 0.15) is 43.5 Å². The molecule has 0 saturated heterocycles. The number of hydrogen-bond acceptors (Lipinski definition) is 3. The number of rotatable bonds is 2. The molecule has 0 radical (unpaired) electrons. The molecule has 0 spiro atoms. The van der Waals surface area contributed by atoms with Crippen LogP contribution >= 0.6 is 0 Å². The van der Waals surface area contributed by atoms with Crippen LogP contribution in [0.2, 0.25) is 0 Å².